The molecule has 0 unspecified atom stereocenters. The van der Waals surface area contributed by atoms with Crippen LogP contribution in [0, 0.1) is 0 Å². The van der Waals surface area contributed by atoms with E-state index in [1.807, 2.05) is 0 Å². The van der Waals surface area contributed by atoms with Crippen molar-refractivity contribution in [1.82, 2.24) is 5.32 Å². The summed E-state index contributed by atoms with van der Waals surface area (Å²) >= 11 is 0. The fourth-order valence-electron chi connectivity index (χ4n) is 1.90. The first-order valence-corrected chi connectivity index (χ1v) is 7.04. The van der Waals surface area contributed by atoms with E-state index in [-0.39, 0.29) is 12.2 Å². The summed E-state index contributed by atoms with van der Waals surface area (Å²) in [6.07, 6.45) is -5.36. The Morgan fingerprint density at radius 1 is 1.29 bits per heavy atom. The number of halogens is 3. The lowest BCUT2D eigenvalue weighted by molar-refractivity contribution is -0.145. The zero-order chi connectivity index (χ0) is 18.3. The minimum atomic E-state index is -4.52. The van der Waals surface area contributed by atoms with Gasteiger partial charge in [0.1, 0.15) is 6.04 Å². The van der Waals surface area contributed by atoms with Crippen LogP contribution in [0.15, 0.2) is 24.3 Å². The highest BCUT2D eigenvalue weighted by Gasteiger charge is 2.30. The molecule has 0 aliphatic rings. The summed E-state index contributed by atoms with van der Waals surface area (Å²) in [5.41, 5.74) is 4.32. The molecule has 1 aromatic rings. The number of rotatable bonds is 7. The van der Waals surface area contributed by atoms with E-state index in [9.17, 15) is 27.6 Å². The van der Waals surface area contributed by atoms with Crippen molar-refractivity contribution in [2.24, 2.45) is 5.73 Å². The molecular formula is C15H17F3N2O4. The second-order valence-electron chi connectivity index (χ2n) is 4.91. The molecule has 0 fully saturated rings. The Morgan fingerprint density at radius 3 is 2.50 bits per heavy atom. The minimum absolute atomic E-state index is 0.0997. The molecule has 0 aliphatic heterocycles. The van der Waals surface area contributed by atoms with Crippen LogP contribution in [0.25, 0.3) is 0 Å². The van der Waals surface area contributed by atoms with E-state index in [2.05, 4.69) is 10.1 Å². The number of benzene rings is 1. The fraction of sp³-hybridized carbons (Fsp3) is 0.400. The average Bonchev–Trinajstić information content (AvgIpc) is 2.46. The lowest BCUT2D eigenvalue weighted by Crippen LogP contribution is -2.46. The van der Waals surface area contributed by atoms with E-state index in [4.69, 9.17) is 5.73 Å². The molecule has 0 saturated heterocycles. The molecule has 132 valence electrons. The molecule has 0 spiro atoms. The third kappa shape index (κ3) is 6.27. The average molecular weight is 346 g/mol. The molecule has 2 amide bonds. The molecule has 1 atom stereocenters. The second-order valence-corrected chi connectivity index (χ2v) is 4.91. The largest absolute Gasteiger partial charge is 0.466 e. The van der Waals surface area contributed by atoms with Crippen molar-refractivity contribution in [2.45, 2.75) is 32.0 Å². The van der Waals surface area contributed by atoms with Crippen LogP contribution in [0.1, 0.15) is 24.5 Å². The number of nitrogens with two attached hydrogens (primary N) is 1. The molecule has 0 heterocycles. The molecule has 1 aromatic carbocycles. The van der Waals surface area contributed by atoms with Crippen molar-refractivity contribution in [2.75, 3.05) is 6.61 Å². The molecule has 0 radical (unpaired) electrons. The van der Waals surface area contributed by atoms with Gasteiger partial charge in [-0.3, -0.25) is 14.4 Å². The number of amides is 2. The lowest BCUT2D eigenvalue weighted by atomic mass is 10.1. The van der Waals surface area contributed by atoms with Crippen molar-refractivity contribution in [3.05, 3.63) is 35.4 Å². The number of nitrogens with one attached hydrogen (secondary N) is 1. The van der Waals surface area contributed by atoms with Crippen molar-refractivity contribution >= 4 is 17.8 Å². The van der Waals surface area contributed by atoms with Crippen molar-refractivity contribution < 1.29 is 32.3 Å². The third-order valence-electron chi connectivity index (χ3n) is 2.97. The zero-order valence-corrected chi connectivity index (χ0v) is 12.9. The molecule has 0 saturated carbocycles. The molecule has 24 heavy (non-hydrogen) atoms. The predicted molar refractivity (Wildman–Crippen MR) is 77.5 cm³/mol. The summed E-state index contributed by atoms with van der Waals surface area (Å²) < 4.78 is 42.5. The monoisotopic (exact) mass is 346 g/mol. The van der Waals surface area contributed by atoms with E-state index in [1.54, 1.807) is 6.92 Å². The number of primary amides is 1. The molecule has 0 aromatic heterocycles. The molecule has 0 aliphatic carbocycles. The highest BCUT2D eigenvalue weighted by atomic mass is 19.4. The maximum atomic E-state index is 12.6. The summed E-state index contributed by atoms with van der Waals surface area (Å²) in [7, 11) is 0. The van der Waals surface area contributed by atoms with Crippen molar-refractivity contribution in [3.63, 3.8) is 0 Å². The highest BCUT2D eigenvalue weighted by Crippen LogP contribution is 2.29. The SMILES string of the molecule is CCOC(=O)C[C@H](NC(=O)Cc1cccc(C(F)(F)F)c1)C(N)=O. The van der Waals surface area contributed by atoms with Gasteiger partial charge >= 0.3 is 12.1 Å². The molecule has 1 rings (SSSR count). The Hall–Kier alpha value is -2.58. The lowest BCUT2D eigenvalue weighted by Gasteiger charge is -2.15. The standard InChI is InChI=1S/C15H17F3N2O4/c1-2-24-13(22)8-11(14(19)23)20-12(21)7-9-4-3-5-10(6-9)15(16,17)18/h3-6,11H,2,7-8H2,1H3,(H2,19,23)(H,20,21)/t11-/m0/s1. The summed E-state index contributed by atoms with van der Waals surface area (Å²) in [5.74, 6) is -2.40. The maximum absolute atomic E-state index is 12.6. The summed E-state index contributed by atoms with van der Waals surface area (Å²) in [5, 5.41) is 2.22. The number of hydrogen-bond acceptors (Lipinski definition) is 4. The molecule has 3 N–H and O–H groups in total. The predicted octanol–water partition coefficient (Wildman–Crippen LogP) is 1.17. The zero-order valence-electron chi connectivity index (χ0n) is 12.9. The Balaban J connectivity index is 2.73. The fourth-order valence-corrected chi connectivity index (χ4v) is 1.90. The smallest absolute Gasteiger partial charge is 0.416 e. The quantitative estimate of drug-likeness (QED) is 0.724. The van der Waals surface area contributed by atoms with E-state index in [0.717, 1.165) is 12.1 Å². The number of carbonyl (C=O) groups excluding carboxylic acids is 3. The van der Waals surface area contributed by atoms with Crippen molar-refractivity contribution in [1.29, 1.82) is 0 Å². The van der Waals surface area contributed by atoms with Crippen LogP contribution < -0.4 is 11.1 Å². The first-order chi connectivity index (χ1) is 11.1. The first kappa shape index (κ1) is 19.5. The molecule has 0 bridgehead atoms. The van der Waals surface area contributed by atoms with Gasteiger partial charge in [-0.05, 0) is 18.6 Å². The van der Waals surface area contributed by atoms with E-state index < -0.39 is 48.4 Å². The normalized spacial score (nSPS) is 12.3. The number of hydrogen-bond donors (Lipinski definition) is 2. The van der Waals surface area contributed by atoms with Gasteiger partial charge in [-0.15, -0.1) is 0 Å². The molecule has 9 heteroatoms. The van der Waals surface area contributed by atoms with Gasteiger partial charge in [-0.2, -0.15) is 13.2 Å². The first-order valence-electron chi connectivity index (χ1n) is 7.04. The molecular weight excluding hydrogens is 329 g/mol. The van der Waals surface area contributed by atoms with Gasteiger partial charge < -0.3 is 15.8 Å². The van der Waals surface area contributed by atoms with Crippen LogP contribution in [0.4, 0.5) is 13.2 Å². The minimum Gasteiger partial charge on any atom is -0.466 e. The summed E-state index contributed by atoms with van der Waals surface area (Å²) in [6.45, 7) is 1.67. The Morgan fingerprint density at radius 2 is 1.96 bits per heavy atom. The maximum Gasteiger partial charge on any atom is 0.416 e. The van der Waals surface area contributed by atoms with Crippen LogP contribution >= 0.6 is 0 Å². The van der Waals surface area contributed by atoms with Crippen LogP contribution in [0.2, 0.25) is 0 Å². The van der Waals surface area contributed by atoms with Gasteiger partial charge in [0.25, 0.3) is 0 Å². The van der Waals surface area contributed by atoms with Crippen LogP contribution in [-0.4, -0.2) is 30.4 Å². The number of esters is 1. The second kappa shape index (κ2) is 8.32. The van der Waals surface area contributed by atoms with E-state index in [0.29, 0.717) is 0 Å². The number of carbonyl (C=O) groups is 3. The van der Waals surface area contributed by atoms with Gasteiger partial charge in [0.2, 0.25) is 11.8 Å². The van der Waals surface area contributed by atoms with Gasteiger partial charge in [0.15, 0.2) is 0 Å². The Labute approximate surface area is 136 Å². The number of alkyl halides is 3. The topological polar surface area (TPSA) is 98.5 Å². The van der Waals surface area contributed by atoms with Crippen molar-refractivity contribution in [3.8, 4) is 0 Å². The number of ether oxygens (including phenoxy) is 1. The summed E-state index contributed by atoms with van der Waals surface area (Å²) in [6, 6.07) is 2.95. The third-order valence-corrected chi connectivity index (χ3v) is 2.97. The van der Waals surface area contributed by atoms with E-state index >= 15 is 0 Å². The van der Waals surface area contributed by atoms with Crippen LogP contribution in [-0.2, 0) is 31.7 Å². The molecule has 6 nitrogen and oxygen atoms in total. The Kier molecular flexibility index (Phi) is 6.75. The van der Waals surface area contributed by atoms with Gasteiger partial charge in [0, 0.05) is 0 Å². The van der Waals surface area contributed by atoms with Gasteiger partial charge in [-0.25, -0.2) is 0 Å². The summed E-state index contributed by atoms with van der Waals surface area (Å²) in [4.78, 5) is 34.5. The van der Waals surface area contributed by atoms with Crippen LogP contribution in [0.3, 0.4) is 0 Å². The van der Waals surface area contributed by atoms with Gasteiger partial charge in [0.05, 0.1) is 25.0 Å². The Bertz CT molecular complexity index is 617. The highest BCUT2D eigenvalue weighted by molar-refractivity contribution is 5.90. The van der Waals surface area contributed by atoms with Gasteiger partial charge in [-0.1, -0.05) is 18.2 Å². The van der Waals surface area contributed by atoms with Crippen LogP contribution in [0.5, 0.6) is 0 Å². The van der Waals surface area contributed by atoms with E-state index in [1.165, 1.54) is 12.1 Å².